The number of rotatable bonds is 0. The van der Waals surface area contributed by atoms with Crippen LogP contribution in [0.5, 0.6) is 0 Å². The minimum atomic E-state index is -2.12. The van der Waals surface area contributed by atoms with Crippen molar-refractivity contribution in [3.8, 4) is 0 Å². The molecule has 10 heavy (non-hydrogen) atoms. The lowest BCUT2D eigenvalue weighted by Crippen LogP contribution is -2.11. The van der Waals surface area contributed by atoms with Crippen LogP contribution in [-0.4, -0.2) is 6.17 Å². The molecular formula is C6H3ClF3. The van der Waals surface area contributed by atoms with Crippen molar-refractivity contribution in [1.29, 1.82) is 0 Å². The third-order valence-electron chi connectivity index (χ3n) is 1.08. The Balaban J connectivity index is 2.88. The van der Waals surface area contributed by atoms with E-state index in [1.165, 1.54) is 0 Å². The molecule has 0 amide bonds. The third kappa shape index (κ3) is 1.19. The van der Waals surface area contributed by atoms with Crippen molar-refractivity contribution in [1.82, 2.24) is 0 Å². The highest BCUT2D eigenvalue weighted by Gasteiger charge is 2.28. The summed E-state index contributed by atoms with van der Waals surface area (Å²) in [4.78, 5) is 0. The smallest absolute Gasteiger partial charge is 0.179 e. The molecule has 0 spiro atoms. The van der Waals surface area contributed by atoms with Crippen LogP contribution in [0, 0.1) is 5.38 Å². The summed E-state index contributed by atoms with van der Waals surface area (Å²) in [5, 5.41) is -0.334. The molecule has 1 unspecified atom stereocenters. The number of alkyl halides is 1. The zero-order valence-corrected chi connectivity index (χ0v) is 5.50. The first kappa shape index (κ1) is 7.66. The zero-order chi connectivity index (χ0) is 7.72. The fourth-order valence-electron chi connectivity index (χ4n) is 0.559. The maximum atomic E-state index is 12.3. The molecule has 55 valence electrons. The number of allylic oxidation sites excluding steroid dienone is 4. The van der Waals surface area contributed by atoms with Gasteiger partial charge in [0.25, 0.3) is 0 Å². The molecule has 0 aromatic heterocycles. The molecule has 1 aliphatic carbocycles. The summed E-state index contributed by atoms with van der Waals surface area (Å²) in [6.07, 6.45) is -0.343. The summed E-state index contributed by atoms with van der Waals surface area (Å²) in [5.74, 6) is -2.65. The van der Waals surface area contributed by atoms with Gasteiger partial charge >= 0.3 is 0 Å². The Labute approximate surface area is 61.0 Å². The second kappa shape index (κ2) is 2.66. The molecule has 0 aliphatic heterocycles. The molecular weight excluding hydrogens is 165 g/mol. The maximum Gasteiger partial charge on any atom is 0.179 e. The minimum absolute atomic E-state index is 0.334. The van der Waals surface area contributed by atoms with Gasteiger partial charge in [-0.25, -0.2) is 13.2 Å². The van der Waals surface area contributed by atoms with E-state index in [0.717, 1.165) is 12.2 Å². The molecule has 1 atom stereocenters. The van der Waals surface area contributed by atoms with Crippen LogP contribution < -0.4 is 0 Å². The van der Waals surface area contributed by atoms with Crippen LogP contribution in [0.3, 0.4) is 0 Å². The lowest BCUT2D eigenvalue weighted by Gasteiger charge is -2.11. The van der Waals surface area contributed by atoms with Gasteiger partial charge in [-0.15, -0.1) is 11.6 Å². The van der Waals surface area contributed by atoms with Gasteiger partial charge in [0.1, 0.15) is 5.38 Å². The molecule has 0 N–H and O–H groups in total. The molecule has 0 aromatic rings. The highest BCUT2D eigenvalue weighted by atomic mass is 35.5. The van der Waals surface area contributed by atoms with Crippen molar-refractivity contribution < 1.29 is 13.2 Å². The van der Waals surface area contributed by atoms with Gasteiger partial charge in [0.15, 0.2) is 17.8 Å². The van der Waals surface area contributed by atoms with E-state index in [9.17, 15) is 13.2 Å². The molecule has 0 saturated carbocycles. The van der Waals surface area contributed by atoms with Crippen LogP contribution in [0.2, 0.25) is 0 Å². The molecule has 0 bridgehead atoms. The van der Waals surface area contributed by atoms with Crippen molar-refractivity contribution in [2.45, 2.75) is 6.17 Å². The first-order valence-electron chi connectivity index (χ1n) is 2.52. The number of halogens is 4. The van der Waals surface area contributed by atoms with Crippen molar-refractivity contribution in [2.24, 2.45) is 0 Å². The summed E-state index contributed by atoms with van der Waals surface area (Å²) in [6, 6.07) is 0. The quantitative estimate of drug-likeness (QED) is 0.521. The molecule has 0 heterocycles. The predicted molar refractivity (Wildman–Crippen MR) is 32.4 cm³/mol. The Hall–Kier alpha value is -0.440. The van der Waals surface area contributed by atoms with E-state index >= 15 is 0 Å². The van der Waals surface area contributed by atoms with Gasteiger partial charge in [0, 0.05) is 0 Å². The lowest BCUT2D eigenvalue weighted by atomic mass is 10.1. The van der Waals surface area contributed by atoms with Crippen molar-refractivity contribution in [2.75, 3.05) is 0 Å². The van der Waals surface area contributed by atoms with E-state index in [-0.39, 0.29) is 5.38 Å². The fourth-order valence-corrected chi connectivity index (χ4v) is 0.718. The molecule has 4 heteroatoms. The summed E-state index contributed by atoms with van der Waals surface area (Å²) in [6.45, 7) is 0. The molecule has 0 fully saturated rings. The third-order valence-corrected chi connectivity index (χ3v) is 1.40. The average Bonchev–Trinajstić information content (AvgIpc) is 1.93. The summed E-state index contributed by atoms with van der Waals surface area (Å²) < 4.78 is 36.6. The first-order chi connectivity index (χ1) is 4.63. The van der Waals surface area contributed by atoms with E-state index in [1.54, 1.807) is 0 Å². The summed E-state index contributed by atoms with van der Waals surface area (Å²) in [7, 11) is 0. The monoisotopic (exact) mass is 167 g/mol. The molecule has 1 aliphatic rings. The molecule has 0 nitrogen and oxygen atoms in total. The normalized spacial score (nSPS) is 27.8. The van der Waals surface area contributed by atoms with Crippen LogP contribution in [-0.2, 0) is 0 Å². The highest BCUT2D eigenvalue weighted by molar-refractivity contribution is 6.29. The molecule has 0 saturated heterocycles. The van der Waals surface area contributed by atoms with Crippen molar-refractivity contribution in [3.05, 3.63) is 29.2 Å². The standard InChI is InChI=1S/C6H3ClF3/c7-3-1-2-4(8)6(10)5(3)9/h1-2,5H. The van der Waals surface area contributed by atoms with Crippen LogP contribution >= 0.6 is 11.6 Å². The SMILES string of the molecule is FC1=C(F)C(F)[C](Cl)C=C1. The summed E-state index contributed by atoms with van der Waals surface area (Å²) in [5.41, 5.74) is 0. The maximum absolute atomic E-state index is 12.3. The Kier molecular flexibility index (Phi) is 2.04. The molecule has 1 radical (unpaired) electrons. The molecule has 0 aromatic carbocycles. The van der Waals surface area contributed by atoms with E-state index in [4.69, 9.17) is 11.6 Å². The Morgan fingerprint density at radius 1 is 1.30 bits per heavy atom. The largest absolute Gasteiger partial charge is 0.237 e. The van der Waals surface area contributed by atoms with Gasteiger partial charge in [-0.3, -0.25) is 0 Å². The van der Waals surface area contributed by atoms with E-state index < -0.39 is 17.8 Å². The number of hydrogen-bond donors (Lipinski definition) is 0. The topological polar surface area (TPSA) is 0 Å². The van der Waals surface area contributed by atoms with E-state index in [2.05, 4.69) is 0 Å². The van der Waals surface area contributed by atoms with Crippen LogP contribution in [0.4, 0.5) is 13.2 Å². The predicted octanol–water partition coefficient (Wildman–Crippen LogP) is 2.82. The van der Waals surface area contributed by atoms with Crippen molar-refractivity contribution >= 4 is 11.6 Å². The van der Waals surface area contributed by atoms with Gasteiger partial charge in [-0.2, -0.15) is 0 Å². The Morgan fingerprint density at radius 2 is 1.90 bits per heavy atom. The Morgan fingerprint density at radius 3 is 2.40 bits per heavy atom. The summed E-state index contributed by atoms with van der Waals surface area (Å²) >= 11 is 5.14. The van der Waals surface area contributed by atoms with Crippen LogP contribution in [0.1, 0.15) is 0 Å². The van der Waals surface area contributed by atoms with Gasteiger partial charge in [-0.1, -0.05) is 6.08 Å². The fraction of sp³-hybridized carbons (Fsp3) is 0.167. The minimum Gasteiger partial charge on any atom is -0.237 e. The van der Waals surface area contributed by atoms with Crippen molar-refractivity contribution in [3.63, 3.8) is 0 Å². The number of hydrogen-bond acceptors (Lipinski definition) is 0. The Bertz CT molecular complexity index is 197. The lowest BCUT2D eigenvalue weighted by molar-refractivity contribution is 0.342. The van der Waals surface area contributed by atoms with Gasteiger partial charge in [0.2, 0.25) is 0 Å². The average molecular weight is 168 g/mol. The zero-order valence-electron chi connectivity index (χ0n) is 4.74. The van der Waals surface area contributed by atoms with Crippen LogP contribution in [0.15, 0.2) is 23.8 Å². The first-order valence-corrected chi connectivity index (χ1v) is 2.90. The van der Waals surface area contributed by atoms with E-state index in [1.807, 2.05) is 0 Å². The molecule has 1 rings (SSSR count). The van der Waals surface area contributed by atoms with Gasteiger partial charge < -0.3 is 0 Å². The second-order valence-corrected chi connectivity index (χ2v) is 2.21. The van der Waals surface area contributed by atoms with E-state index in [0.29, 0.717) is 0 Å². The van der Waals surface area contributed by atoms with Gasteiger partial charge in [0.05, 0.1) is 0 Å². The highest BCUT2D eigenvalue weighted by Crippen LogP contribution is 2.32. The van der Waals surface area contributed by atoms with Gasteiger partial charge in [-0.05, 0) is 6.08 Å². The second-order valence-electron chi connectivity index (χ2n) is 1.78. The van der Waals surface area contributed by atoms with Crippen LogP contribution in [0.25, 0.3) is 0 Å².